The molecule has 0 radical (unpaired) electrons. The molecule has 0 saturated carbocycles. The van der Waals surface area contributed by atoms with Crippen LogP contribution in [0, 0.1) is 0 Å². The number of hydrogen-bond acceptors (Lipinski definition) is 5. The minimum Gasteiger partial charge on any atom is -0.320 e. The third-order valence-electron chi connectivity index (χ3n) is 3.08. The lowest BCUT2D eigenvalue weighted by atomic mass is 10.3. The Morgan fingerprint density at radius 3 is 2.86 bits per heavy atom. The van der Waals surface area contributed by atoms with E-state index in [1.807, 2.05) is 42.5 Å². The van der Waals surface area contributed by atoms with E-state index in [1.165, 1.54) is 11.3 Å². The summed E-state index contributed by atoms with van der Waals surface area (Å²) in [4.78, 5) is 20.9. The molecule has 0 fully saturated rings. The molecule has 0 unspecified atom stereocenters. The van der Waals surface area contributed by atoms with Crippen LogP contribution in [-0.2, 0) is 0 Å². The maximum Gasteiger partial charge on any atom is 0.284 e. The van der Waals surface area contributed by atoms with Gasteiger partial charge in [0.15, 0.2) is 5.01 Å². The topological polar surface area (TPSA) is 54.9 Å². The van der Waals surface area contributed by atoms with E-state index in [-0.39, 0.29) is 5.91 Å². The zero-order valence-corrected chi connectivity index (χ0v) is 12.4. The molecule has 1 N–H and O–H groups in total. The van der Waals surface area contributed by atoms with Crippen molar-refractivity contribution >= 4 is 54.7 Å². The fraction of sp³-hybridized carbons (Fsp3) is 0. The van der Waals surface area contributed by atoms with Crippen LogP contribution in [0.25, 0.3) is 20.4 Å². The monoisotopic (exact) mass is 311 g/mol. The molecule has 0 spiro atoms. The molecule has 4 nitrogen and oxygen atoms in total. The van der Waals surface area contributed by atoms with Gasteiger partial charge in [-0.2, -0.15) is 0 Å². The lowest BCUT2D eigenvalue weighted by Gasteiger charge is -2.02. The molecule has 21 heavy (non-hydrogen) atoms. The molecule has 0 aliphatic heterocycles. The Hall–Kier alpha value is -2.31. The van der Waals surface area contributed by atoms with Gasteiger partial charge in [-0.05, 0) is 30.3 Å². The fourth-order valence-corrected chi connectivity index (χ4v) is 3.61. The van der Waals surface area contributed by atoms with Crippen molar-refractivity contribution in [1.82, 2.24) is 9.97 Å². The summed E-state index contributed by atoms with van der Waals surface area (Å²) < 4.78 is 2.12. The summed E-state index contributed by atoms with van der Waals surface area (Å²) in [7, 11) is 0. The summed E-state index contributed by atoms with van der Waals surface area (Å²) in [5.74, 6) is -0.189. The number of thiazole rings is 2. The summed E-state index contributed by atoms with van der Waals surface area (Å²) in [6.45, 7) is 0. The van der Waals surface area contributed by atoms with Crippen molar-refractivity contribution < 1.29 is 4.79 Å². The van der Waals surface area contributed by atoms with Gasteiger partial charge in [-0.15, -0.1) is 22.7 Å². The van der Waals surface area contributed by atoms with E-state index in [9.17, 15) is 4.79 Å². The van der Waals surface area contributed by atoms with E-state index in [1.54, 1.807) is 16.8 Å². The Morgan fingerprint density at radius 1 is 1.05 bits per heavy atom. The first-order valence-electron chi connectivity index (χ1n) is 6.30. The van der Waals surface area contributed by atoms with Crippen molar-refractivity contribution in [1.29, 1.82) is 0 Å². The van der Waals surface area contributed by atoms with Crippen molar-refractivity contribution in [3.63, 3.8) is 0 Å². The van der Waals surface area contributed by atoms with Crippen LogP contribution >= 0.6 is 22.7 Å². The van der Waals surface area contributed by atoms with Gasteiger partial charge in [0.2, 0.25) is 0 Å². The molecule has 0 bridgehead atoms. The van der Waals surface area contributed by atoms with Crippen LogP contribution in [0.1, 0.15) is 9.80 Å². The number of anilines is 1. The van der Waals surface area contributed by atoms with E-state index in [2.05, 4.69) is 15.3 Å². The van der Waals surface area contributed by atoms with Crippen LogP contribution in [0.2, 0.25) is 0 Å². The quantitative estimate of drug-likeness (QED) is 0.605. The first-order valence-corrected chi connectivity index (χ1v) is 7.99. The Balaban J connectivity index is 1.64. The summed E-state index contributed by atoms with van der Waals surface area (Å²) in [5, 5.41) is 3.34. The van der Waals surface area contributed by atoms with Crippen LogP contribution in [0.5, 0.6) is 0 Å². The molecular weight excluding hydrogens is 302 g/mol. The molecule has 4 rings (SSSR count). The zero-order chi connectivity index (χ0) is 14.2. The minimum absolute atomic E-state index is 0.189. The molecular formula is C15H9N3OS2. The minimum atomic E-state index is -0.189. The summed E-state index contributed by atoms with van der Waals surface area (Å²) in [6.07, 6.45) is 0. The predicted octanol–water partition coefficient (Wildman–Crippen LogP) is 4.16. The van der Waals surface area contributed by atoms with Gasteiger partial charge in [-0.25, -0.2) is 9.97 Å². The Morgan fingerprint density at radius 2 is 1.95 bits per heavy atom. The summed E-state index contributed by atoms with van der Waals surface area (Å²) in [5.41, 5.74) is 4.27. The molecule has 6 heteroatoms. The van der Waals surface area contributed by atoms with Gasteiger partial charge >= 0.3 is 0 Å². The number of nitrogens with one attached hydrogen (secondary N) is 1. The van der Waals surface area contributed by atoms with Crippen LogP contribution < -0.4 is 5.32 Å². The first kappa shape index (κ1) is 12.4. The van der Waals surface area contributed by atoms with Gasteiger partial charge in [0.05, 0.1) is 25.9 Å². The van der Waals surface area contributed by atoms with Gasteiger partial charge in [-0.3, -0.25) is 4.79 Å². The predicted molar refractivity (Wildman–Crippen MR) is 87.2 cm³/mol. The van der Waals surface area contributed by atoms with Crippen LogP contribution in [0.3, 0.4) is 0 Å². The average molecular weight is 311 g/mol. The average Bonchev–Trinajstić information content (AvgIpc) is 3.13. The molecule has 2 aromatic carbocycles. The number of rotatable bonds is 2. The normalized spacial score (nSPS) is 11.0. The number of benzene rings is 2. The Kier molecular flexibility index (Phi) is 2.90. The van der Waals surface area contributed by atoms with Crippen molar-refractivity contribution in [3.05, 3.63) is 53.0 Å². The van der Waals surface area contributed by atoms with Crippen molar-refractivity contribution in [2.24, 2.45) is 0 Å². The van der Waals surface area contributed by atoms with Gasteiger partial charge in [0.25, 0.3) is 5.91 Å². The number of para-hydroxylation sites is 1. The van der Waals surface area contributed by atoms with Crippen molar-refractivity contribution in [2.45, 2.75) is 0 Å². The van der Waals surface area contributed by atoms with Gasteiger partial charge in [-0.1, -0.05) is 12.1 Å². The highest BCUT2D eigenvalue weighted by molar-refractivity contribution is 7.20. The van der Waals surface area contributed by atoms with E-state index in [4.69, 9.17) is 0 Å². The lowest BCUT2D eigenvalue weighted by Crippen LogP contribution is -2.11. The standard InChI is InChI=1S/C15H9N3OS2/c19-14(15-18-10-3-1-2-4-13(10)21-15)17-9-5-6-12-11(7-9)16-8-20-12/h1-8H,(H,17,19). The number of amides is 1. The van der Waals surface area contributed by atoms with Crippen LogP contribution in [0.15, 0.2) is 48.0 Å². The second-order valence-corrected chi connectivity index (χ2v) is 6.39. The number of aromatic nitrogens is 2. The number of carbonyl (C=O) groups is 1. The molecule has 0 saturated heterocycles. The Labute approximate surface area is 128 Å². The lowest BCUT2D eigenvalue weighted by molar-refractivity contribution is 0.102. The first-order chi connectivity index (χ1) is 10.3. The second kappa shape index (κ2) is 4.91. The maximum atomic E-state index is 12.3. The van der Waals surface area contributed by atoms with Crippen molar-refractivity contribution in [3.8, 4) is 0 Å². The second-order valence-electron chi connectivity index (χ2n) is 4.48. The third kappa shape index (κ3) is 2.28. The van der Waals surface area contributed by atoms with E-state index in [0.717, 1.165) is 26.1 Å². The highest BCUT2D eigenvalue weighted by Gasteiger charge is 2.12. The van der Waals surface area contributed by atoms with E-state index in [0.29, 0.717) is 5.01 Å². The van der Waals surface area contributed by atoms with E-state index >= 15 is 0 Å². The number of fused-ring (bicyclic) bond motifs is 2. The Bertz CT molecular complexity index is 925. The smallest absolute Gasteiger partial charge is 0.284 e. The van der Waals surface area contributed by atoms with Crippen molar-refractivity contribution in [2.75, 3.05) is 5.32 Å². The molecule has 1 amide bonds. The molecule has 2 aromatic heterocycles. The molecule has 2 heterocycles. The van der Waals surface area contributed by atoms with Crippen LogP contribution in [-0.4, -0.2) is 15.9 Å². The fourth-order valence-electron chi connectivity index (χ4n) is 2.09. The largest absolute Gasteiger partial charge is 0.320 e. The molecule has 0 atom stereocenters. The highest BCUT2D eigenvalue weighted by atomic mass is 32.1. The number of hydrogen-bond donors (Lipinski definition) is 1. The molecule has 102 valence electrons. The molecule has 0 aliphatic rings. The summed E-state index contributed by atoms with van der Waals surface area (Å²) >= 11 is 2.97. The van der Waals surface area contributed by atoms with E-state index < -0.39 is 0 Å². The maximum absolute atomic E-state index is 12.3. The summed E-state index contributed by atoms with van der Waals surface area (Å²) in [6, 6.07) is 13.4. The molecule has 4 aromatic rings. The van der Waals surface area contributed by atoms with Gasteiger partial charge in [0.1, 0.15) is 0 Å². The number of nitrogens with zero attached hydrogens (tertiary/aromatic N) is 2. The van der Waals surface area contributed by atoms with Gasteiger partial charge in [0, 0.05) is 5.69 Å². The van der Waals surface area contributed by atoms with Gasteiger partial charge < -0.3 is 5.32 Å². The molecule has 0 aliphatic carbocycles. The highest BCUT2D eigenvalue weighted by Crippen LogP contribution is 2.24. The SMILES string of the molecule is O=C(Nc1ccc2scnc2c1)c1nc2ccccc2s1. The van der Waals surface area contributed by atoms with Crippen LogP contribution in [0.4, 0.5) is 5.69 Å². The third-order valence-corrected chi connectivity index (χ3v) is 4.92. The number of carbonyl (C=O) groups excluding carboxylic acids is 1. The zero-order valence-electron chi connectivity index (χ0n) is 10.7.